The molecule has 0 unspecified atom stereocenters. The number of aromatic nitrogens is 1. The van der Waals surface area contributed by atoms with Crippen LogP contribution in [0, 0.1) is 18.7 Å². The highest BCUT2D eigenvalue weighted by molar-refractivity contribution is 5.98. The second kappa shape index (κ2) is 5.43. The molecule has 1 aromatic carbocycles. The van der Waals surface area contributed by atoms with E-state index in [0.717, 1.165) is 22.9 Å². The van der Waals surface area contributed by atoms with Crippen LogP contribution in [0.5, 0.6) is 0 Å². The van der Waals surface area contributed by atoms with E-state index < -0.39 is 0 Å². The first-order valence-corrected chi connectivity index (χ1v) is 6.44. The van der Waals surface area contributed by atoms with E-state index >= 15 is 0 Å². The molecule has 1 N–H and O–H groups in total. The molecule has 0 saturated carbocycles. The van der Waals surface area contributed by atoms with Gasteiger partial charge in [-0.05, 0) is 43.0 Å². The summed E-state index contributed by atoms with van der Waals surface area (Å²) in [5.74, 6) is -0.199. The summed E-state index contributed by atoms with van der Waals surface area (Å²) in [4.78, 5) is 14.9. The van der Waals surface area contributed by atoms with Gasteiger partial charge in [-0.3, -0.25) is 0 Å². The Hall–Kier alpha value is -1.84. The summed E-state index contributed by atoms with van der Waals surface area (Å²) in [6.45, 7) is 6.34. The lowest BCUT2D eigenvalue weighted by atomic mass is 10.1. The van der Waals surface area contributed by atoms with Crippen molar-refractivity contribution in [3.8, 4) is 0 Å². The fourth-order valence-electron chi connectivity index (χ4n) is 1.96. The van der Waals surface area contributed by atoms with E-state index in [1.807, 2.05) is 0 Å². The molecule has 19 heavy (non-hydrogen) atoms. The first kappa shape index (κ1) is 13.6. The van der Waals surface area contributed by atoms with Crippen LogP contribution in [-0.2, 0) is 4.74 Å². The summed E-state index contributed by atoms with van der Waals surface area (Å²) in [6.07, 6.45) is 0.833. The van der Waals surface area contributed by atoms with E-state index in [0.29, 0.717) is 18.2 Å². The number of nitrogens with one attached hydrogen (secondary N) is 1. The van der Waals surface area contributed by atoms with Crippen molar-refractivity contribution < 1.29 is 13.9 Å². The van der Waals surface area contributed by atoms with Crippen LogP contribution in [0.2, 0.25) is 0 Å². The number of hydrogen-bond donors (Lipinski definition) is 1. The Morgan fingerprint density at radius 3 is 2.84 bits per heavy atom. The average Bonchev–Trinajstić information content (AvgIpc) is 2.66. The summed E-state index contributed by atoms with van der Waals surface area (Å²) in [6, 6.07) is 4.42. The maximum absolute atomic E-state index is 13.2. The normalized spacial score (nSPS) is 11.2. The molecular formula is C15H18FNO2. The van der Waals surface area contributed by atoms with E-state index in [2.05, 4.69) is 18.8 Å². The third-order valence-electron chi connectivity index (χ3n) is 3.15. The van der Waals surface area contributed by atoms with E-state index in [4.69, 9.17) is 4.74 Å². The molecule has 2 aromatic rings. The van der Waals surface area contributed by atoms with Crippen LogP contribution < -0.4 is 0 Å². The fraction of sp³-hybridized carbons (Fsp3) is 0.400. The highest BCUT2D eigenvalue weighted by atomic mass is 19.1. The summed E-state index contributed by atoms with van der Waals surface area (Å²) in [5, 5.41) is 0.718. The molecule has 3 nitrogen and oxygen atoms in total. The zero-order valence-electron chi connectivity index (χ0n) is 11.4. The lowest BCUT2D eigenvalue weighted by molar-refractivity contribution is 0.0481. The molecule has 1 heterocycles. The molecule has 0 bridgehead atoms. The van der Waals surface area contributed by atoms with Crippen LogP contribution in [0.25, 0.3) is 10.9 Å². The van der Waals surface area contributed by atoms with E-state index in [-0.39, 0.29) is 11.8 Å². The maximum Gasteiger partial charge on any atom is 0.355 e. The van der Waals surface area contributed by atoms with Crippen LogP contribution in [-0.4, -0.2) is 17.6 Å². The Morgan fingerprint density at radius 2 is 2.16 bits per heavy atom. The number of benzene rings is 1. The molecule has 1 aromatic heterocycles. The van der Waals surface area contributed by atoms with Crippen molar-refractivity contribution in [3.05, 3.63) is 35.3 Å². The molecule has 0 fully saturated rings. The second-order valence-electron chi connectivity index (χ2n) is 5.13. The summed E-state index contributed by atoms with van der Waals surface area (Å²) < 4.78 is 18.4. The van der Waals surface area contributed by atoms with Gasteiger partial charge >= 0.3 is 5.97 Å². The molecule has 0 radical (unpaired) electrons. The average molecular weight is 263 g/mol. The third-order valence-corrected chi connectivity index (χ3v) is 3.15. The van der Waals surface area contributed by atoms with Gasteiger partial charge in [-0.25, -0.2) is 9.18 Å². The van der Waals surface area contributed by atoms with E-state index in [1.165, 1.54) is 12.1 Å². The minimum absolute atomic E-state index is 0.311. The van der Waals surface area contributed by atoms with Gasteiger partial charge in [0.2, 0.25) is 0 Å². The standard InChI is InChI=1S/C15H18FNO2/c1-9(2)6-7-19-15(18)14-10(3)12-8-11(16)4-5-13(12)17-14/h4-5,8-9,17H,6-7H2,1-3H3. The summed E-state index contributed by atoms with van der Waals surface area (Å²) in [7, 11) is 0. The van der Waals surface area contributed by atoms with Gasteiger partial charge in [-0.1, -0.05) is 13.8 Å². The molecule has 0 aliphatic carbocycles. The Balaban J connectivity index is 2.20. The Kier molecular flexibility index (Phi) is 3.88. The van der Waals surface area contributed by atoms with Gasteiger partial charge in [0.1, 0.15) is 11.5 Å². The smallest absolute Gasteiger partial charge is 0.355 e. The summed E-state index contributed by atoms with van der Waals surface area (Å²) >= 11 is 0. The number of aromatic amines is 1. The van der Waals surface area contributed by atoms with Crippen LogP contribution >= 0.6 is 0 Å². The molecule has 102 valence electrons. The van der Waals surface area contributed by atoms with Crippen LogP contribution in [0.1, 0.15) is 36.3 Å². The van der Waals surface area contributed by atoms with Crippen LogP contribution in [0.3, 0.4) is 0 Å². The van der Waals surface area contributed by atoms with Gasteiger partial charge < -0.3 is 9.72 Å². The molecule has 0 saturated heterocycles. The minimum Gasteiger partial charge on any atom is -0.461 e. The van der Waals surface area contributed by atoms with Gasteiger partial charge in [0.15, 0.2) is 0 Å². The fourth-order valence-corrected chi connectivity index (χ4v) is 1.96. The van der Waals surface area contributed by atoms with Crippen molar-refractivity contribution in [2.24, 2.45) is 5.92 Å². The minimum atomic E-state index is -0.380. The van der Waals surface area contributed by atoms with Crippen molar-refractivity contribution in [2.45, 2.75) is 27.2 Å². The number of rotatable bonds is 4. The van der Waals surface area contributed by atoms with Gasteiger partial charge in [-0.2, -0.15) is 0 Å². The summed E-state index contributed by atoms with van der Waals surface area (Å²) in [5.41, 5.74) is 1.88. The molecule has 0 aliphatic rings. The van der Waals surface area contributed by atoms with Crippen molar-refractivity contribution >= 4 is 16.9 Å². The number of hydrogen-bond acceptors (Lipinski definition) is 2. The second-order valence-corrected chi connectivity index (χ2v) is 5.13. The number of carbonyl (C=O) groups excluding carboxylic acids is 1. The van der Waals surface area contributed by atoms with E-state index in [9.17, 15) is 9.18 Å². The highest BCUT2D eigenvalue weighted by Crippen LogP contribution is 2.23. The largest absolute Gasteiger partial charge is 0.461 e. The lowest BCUT2D eigenvalue weighted by Gasteiger charge is -2.06. The number of carbonyl (C=O) groups is 1. The number of fused-ring (bicyclic) bond motifs is 1. The number of H-pyrrole nitrogens is 1. The zero-order chi connectivity index (χ0) is 14.0. The van der Waals surface area contributed by atoms with Crippen molar-refractivity contribution in [3.63, 3.8) is 0 Å². The predicted octanol–water partition coefficient (Wildman–Crippen LogP) is 3.82. The van der Waals surface area contributed by atoms with Crippen molar-refractivity contribution in [1.82, 2.24) is 4.98 Å². The highest BCUT2D eigenvalue weighted by Gasteiger charge is 2.16. The predicted molar refractivity (Wildman–Crippen MR) is 72.7 cm³/mol. The van der Waals surface area contributed by atoms with Gasteiger partial charge in [0.25, 0.3) is 0 Å². The molecule has 2 rings (SSSR count). The first-order valence-electron chi connectivity index (χ1n) is 6.44. The molecular weight excluding hydrogens is 245 g/mol. The number of esters is 1. The quantitative estimate of drug-likeness (QED) is 0.852. The zero-order valence-corrected chi connectivity index (χ0v) is 11.4. The Morgan fingerprint density at radius 1 is 1.42 bits per heavy atom. The molecule has 0 aliphatic heterocycles. The number of aryl methyl sites for hydroxylation is 1. The van der Waals surface area contributed by atoms with Gasteiger partial charge in [0.05, 0.1) is 6.61 Å². The topological polar surface area (TPSA) is 42.1 Å². The Labute approximate surface area is 111 Å². The molecule has 0 atom stereocenters. The van der Waals surface area contributed by atoms with Crippen LogP contribution in [0.4, 0.5) is 4.39 Å². The van der Waals surface area contributed by atoms with Crippen LogP contribution in [0.15, 0.2) is 18.2 Å². The maximum atomic E-state index is 13.2. The van der Waals surface area contributed by atoms with Crippen molar-refractivity contribution in [1.29, 1.82) is 0 Å². The van der Waals surface area contributed by atoms with Crippen molar-refractivity contribution in [2.75, 3.05) is 6.61 Å². The monoisotopic (exact) mass is 263 g/mol. The molecule has 0 spiro atoms. The third kappa shape index (κ3) is 2.95. The lowest BCUT2D eigenvalue weighted by Crippen LogP contribution is -2.09. The molecule has 4 heteroatoms. The van der Waals surface area contributed by atoms with Gasteiger partial charge in [-0.15, -0.1) is 0 Å². The number of ether oxygens (including phenoxy) is 1. The SMILES string of the molecule is Cc1c(C(=O)OCCC(C)C)[nH]c2ccc(F)cc12. The Bertz CT molecular complexity index is 601. The first-order chi connectivity index (χ1) is 8.99. The van der Waals surface area contributed by atoms with Gasteiger partial charge in [0, 0.05) is 10.9 Å². The number of halogens is 1. The molecule has 0 amide bonds. The van der Waals surface area contributed by atoms with E-state index in [1.54, 1.807) is 13.0 Å².